The molecule has 2 aromatic heterocycles. The highest BCUT2D eigenvalue weighted by Gasteiger charge is 2.13. The lowest BCUT2D eigenvalue weighted by Crippen LogP contribution is -2.30. The Hall–Kier alpha value is -2.17. The quantitative estimate of drug-likeness (QED) is 0.927. The topological polar surface area (TPSA) is 59.8 Å². The van der Waals surface area contributed by atoms with Gasteiger partial charge in [0, 0.05) is 18.1 Å². The monoisotopic (exact) mass is 272 g/mol. The summed E-state index contributed by atoms with van der Waals surface area (Å²) in [4.78, 5) is 16.1. The van der Waals surface area contributed by atoms with Gasteiger partial charge in [0.2, 0.25) is 5.91 Å². The Bertz CT molecular complexity index is 604. The van der Waals surface area contributed by atoms with Crippen molar-refractivity contribution < 1.29 is 4.79 Å². The van der Waals surface area contributed by atoms with E-state index in [0.29, 0.717) is 0 Å². The van der Waals surface area contributed by atoms with Crippen molar-refractivity contribution in [3.8, 4) is 0 Å². The van der Waals surface area contributed by atoms with Crippen molar-refractivity contribution in [2.45, 2.75) is 40.3 Å². The van der Waals surface area contributed by atoms with Crippen molar-refractivity contribution in [3.05, 3.63) is 47.0 Å². The number of nitrogens with zero attached hydrogens (tertiary/aromatic N) is 3. The smallest absolute Gasteiger partial charge is 0.242 e. The molecular formula is C15H20N4O. The van der Waals surface area contributed by atoms with Gasteiger partial charge in [0.25, 0.3) is 0 Å². The number of amides is 1. The third-order valence-corrected chi connectivity index (χ3v) is 3.62. The lowest BCUT2D eigenvalue weighted by atomic mass is 10.1. The van der Waals surface area contributed by atoms with Gasteiger partial charge in [0.05, 0.1) is 11.7 Å². The number of hydrogen-bond acceptors (Lipinski definition) is 3. The van der Waals surface area contributed by atoms with Gasteiger partial charge in [0.1, 0.15) is 6.54 Å². The summed E-state index contributed by atoms with van der Waals surface area (Å²) in [6.07, 6.45) is 3.45. The summed E-state index contributed by atoms with van der Waals surface area (Å²) in [6, 6.07) is 3.76. The second-order valence-corrected chi connectivity index (χ2v) is 5.02. The van der Waals surface area contributed by atoms with Crippen LogP contribution in [0.5, 0.6) is 0 Å². The van der Waals surface area contributed by atoms with Crippen LogP contribution in [-0.4, -0.2) is 20.7 Å². The molecule has 0 radical (unpaired) electrons. The molecule has 1 amide bonds. The molecule has 0 aromatic carbocycles. The van der Waals surface area contributed by atoms with Gasteiger partial charge < -0.3 is 5.32 Å². The summed E-state index contributed by atoms with van der Waals surface area (Å²) < 4.78 is 1.75. The Morgan fingerprint density at radius 1 is 1.30 bits per heavy atom. The fourth-order valence-electron chi connectivity index (χ4n) is 2.10. The van der Waals surface area contributed by atoms with E-state index in [4.69, 9.17) is 0 Å². The number of nitrogens with one attached hydrogen (secondary N) is 1. The maximum Gasteiger partial charge on any atom is 0.242 e. The van der Waals surface area contributed by atoms with Crippen molar-refractivity contribution in [1.82, 2.24) is 20.1 Å². The van der Waals surface area contributed by atoms with Gasteiger partial charge >= 0.3 is 0 Å². The number of pyridine rings is 1. The predicted octanol–water partition coefficient (Wildman–Crippen LogP) is 2.08. The van der Waals surface area contributed by atoms with Crippen LogP contribution >= 0.6 is 0 Å². The first-order chi connectivity index (χ1) is 9.49. The average Bonchev–Trinajstić information content (AvgIpc) is 2.67. The zero-order chi connectivity index (χ0) is 14.7. The highest BCUT2D eigenvalue weighted by molar-refractivity contribution is 5.76. The number of aromatic nitrogens is 3. The average molecular weight is 272 g/mol. The second kappa shape index (κ2) is 5.86. The van der Waals surface area contributed by atoms with E-state index in [9.17, 15) is 4.79 Å². The molecule has 0 aliphatic carbocycles. The van der Waals surface area contributed by atoms with Crippen LogP contribution in [0.15, 0.2) is 24.5 Å². The molecule has 20 heavy (non-hydrogen) atoms. The van der Waals surface area contributed by atoms with Crippen LogP contribution in [-0.2, 0) is 11.3 Å². The lowest BCUT2D eigenvalue weighted by Gasteiger charge is -2.14. The first kappa shape index (κ1) is 14.2. The third kappa shape index (κ3) is 3.04. The Morgan fingerprint density at radius 3 is 2.50 bits per heavy atom. The van der Waals surface area contributed by atoms with E-state index < -0.39 is 0 Å². The maximum atomic E-state index is 12.1. The van der Waals surface area contributed by atoms with Crippen molar-refractivity contribution >= 4 is 5.91 Å². The summed E-state index contributed by atoms with van der Waals surface area (Å²) >= 11 is 0. The molecule has 0 saturated carbocycles. The van der Waals surface area contributed by atoms with Crippen LogP contribution in [0.25, 0.3) is 0 Å². The molecule has 2 aromatic rings. The molecular weight excluding hydrogens is 252 g/mol. The van der Waals surface area contributed by atoms with E-state index in [1.54, 1.807) is 17.1 Å². The van der Waals surface area contributed by atoms with Crippen molar-refractivity contribution in [2.24, 2.45) is 0 Å². The lowest BCUT2D eigenvalue weighted by molar-refractivity contribution is -0.122. The molecule has 2 rings (SSSR count). The Morgan fingerprint density at radius 2 is 1.95 bits per heavy atom. The normalized spacial score (nSPS) is 12.2. The molecule has 1 N–H and O–H groups in total. The summed E-state index contributed by atoms with van der Waals surface area (Å²) in [7, 11) is 0. The highest BCUT2D eigenvalue weighted by atomic mass is 16.2. The predicted molar refractivity (Wildman–Crippen MR) is 77.2 cm³/mol. The van der Waals surface area contributed by atoms with Gasteiger partial charge in [-0.3, -0.25) is 14.5 Å². The molecule has 5 nitrogen and oxygen atoms in total. The number of hydrogen-bond donors (Lipinski definition) is 1. The molecule has 0 spiro atoms. The molecule has 0 aliphatic heterocycles. The van der Waals surface area contributed by atoms with E-state index in [2.05, 4.69) is 15.4 Å². The largest absolute Gasteiger partial charge is 0.348 e. The van der Waals surface area contributed by atoms with Crippen LogP contribution in [0.2, 0.25) is 0 Å². The minimum absolute atomic E-state index is 0.0384. The summed E-state index contributed by atoms with van der Waals surface area (Å²) in [5.74, 6) is -0.0417. The molecule has 0 aliphatic rings. The van der Waals surface area contributed by atoms with Gasteiger partial charge in [-0.2, -0.15) is 5.10 Å². The SMILES string of the molecule is Cc1nn(CC(=O)N[C@@H](C)c2ccncc2)c(C)c1C. The van der Waals surface area contributed by atoms with Gasteiger partial charge in [-0.15, -0.1) is 0 Å². The van der Waals surface area contributed by atoms with Crippen LogP contribution < -0.4 is 5.32 Å². The van der Waals surface area contributed by atoms with E-state index in [1.165, 1.54) is 0 Å². The summed E-state index contributed by atoms with van der Waals surface area (Å²) in [5, 5.41) is 7.35. The summed E-state index contributed by atoms with van der Waals surface area (Å²) in [6.45, 7) is 8.16. The summed E-state index contributed by atoms with van der Waals surface area (Å²) in [5.41, 5.74) is 4.18. The zero-order valence-electron chi connectivity index (χ0n) is 12.3. The van der Waals surface area contributed by atoms with E-state index in [1.807, 2.05) is 39.8 Å². The minimum atomic E-state index is -0.0417. The number of rotatable bonds is 4. The second-order valence-electron chi connectivity index (χ2n) is 5.02. The fourth-order valence-corrected chi connectivity index (χ4v) is 2.10. The standard InChI is InChI=1S/C15H20N4O/c1-10-11(2)18-19(13(10)4)9-15(20)17-12(3)14-5-7-16-8-6-14/h5-8,12H,9H2,1-4H3,(H,17,20)/t12-/m0/s1. The van der Waals surface area contributed by atoms with Crippen molar-refractivity contribution in [2.75, 3.05) is 0 Å². The molecule has 106 valence electrons. The molecule has 1 atom stereocenters. The number of carbonyl (C=O) groups excluding carboxylic acids is 1. The van der Waals surface area contributed by atoms with Crippen LogP contribution in [0.1, 0.15) is 35.5 Å². The van der Waals surface area contributed by atoms with E-state index in [0.717, 1.165) is 22.5 Å². The third-order valence-electron chi connectivity index (χ3n) is 3.62. The minimum Gasteiger partial charge on any atom is -0.348 e. The first-order valence-corrected chi connectivity index (χ1v) is 6.69. The van der Waals surface area contributed by atoms with Crippen molar-refractivity contribution in [1.29, 1.82) is 0 Å². The number of aryl methyl sites for hydroxylation is 1. The van der Waals surface area contributed by atoms with E-state index >= 15 is 0 Å². The van der Waals surface area contributed by atoms with Crippen LogP contribution in [0.4, 0.5) is 0 Å². The van der Waals surface area contributed by atoms with Gasteiger partial charge in [0.15, 0.2) is 0 Å². The molecule has 0 unspecified atom stereocenters. The molecule has 5 heteroatoms. The van der Waals surface area contributed by atoms with Gasteiger partial charge in [-0.25, -0.2) is 0 Å². The number of carbonyl (C=O) groups is 1. The first-order valence-electron chi connectivity index (χ1n) is 6.69. The van der Waals surface area contributed by atoms with Gasteiger partial charge in [-0.05, 0) is 51.0 Å². The fraction of sp³-hybridized carbons (Fsp3) is 0.400. The van der Waals surface area contributed by atoms with E-state index in [-0.39, 0.29) is 18.5 Å². The molecule has 0 bridgehead atoms. The molecule has 2 heterocycles. The Labute approximate surface area is 119 Å². The Balaban J connectivity index is 2.01. The highest BCUT2D eigenvalue weighted by Crippen LogP contribution is 2.12. The van der Waals surface area contributed by atoms with Gasteiger partial charge in [-0.1, -0.05) is 0 Å². The van der Waals surface area contributed by atoms with Crippen molar-refractivity contribution in [3.63, 3.8) is 0 Å². The molecule has 0 saturated heterocycles. The zero-order valence-corrected chi connectivity index (χ0v) is 12.3. The Kier molecular flexibility index (Phi) is 4.17. The molecule has 0 fully saturated rings. The maximum absolute atomic E-state index is 12.1. The van der Waals surface area contributed by atoms with Crippen LogP contribution in [0.3, 0.4) is 0 Å². The van der Waals surface area contributed by atoms with Crippen LogP contribution in [0, 0.1) is 20.8 Å².